The predicted molar refractivity (Wildman–Crippen MR) is 83.3 cm³/mol. The number of benzene rings is 2. The summed E-state index contributed by atoms with van der Waals surface area (Å²) >= 11 is 0. The standard InChI is InChI=1S/C18H19NO2/c1-11-4-3-5-15-17(11)21-18-14-10-13(20-2)8-6-12(14)7-9-16(18)19-15/h3-6,8,10,16,18-19H,7,9H2,1-2H3. The van der Waals surface area contributed by atoms with Crippen molar-refractivity contribution in [2.24, 2.45) is 0 Å². The van der Waals surface area contributed by atoms with Crippen molar-refractivity contribution in [1.82, 2.24) is 0 Å². The number of anilines is 1. The number of hydrogen-bond donors (Lipinski definition) is 1. The topological polar surface area (TPSA) is 30.5 Å². The Labute approximate surface area is 124 Å². The molecule has 0 fully saturated rings. The van der Waals surface area contributed by atoms with Crippen molar-refractivity contribution < 1.29 is 9.47 Å². The zero-order valence-corrected chi connectivity index (χ0v) is 12.3. The zero-order valence-electron chi connectivity index (χ0n) is 12.3. The number of hydrogen-bond acceptors (Lipinski definition) is 3. The highest BCUT2D eigenvalue weighted by Gasteiger charge is 2.36. The molecule has 0 bridgehead atoms. The first-order valence-electron chi connectivity index (χ1n) is 7.46. The molecule has 2 unspecified atom stereocenters. The Morgan fingerprint density at radius 1 is 1.24 bits per heavy atom. The summed E-state index contributed by atoms with van der Waals surface area (Å²) < 4.78 is 11.8. The van der Waals surface area contributed by atoms with Gasteiger partial charge in [-0.2, -0.15) is 0 Å². The van der Waals surface area contributed by atoms with E-state index in [9.17, 15) is 0 Å². The van der Waals surface area contributed by atoms with Gasteiger partial charge in [0.05, 0.1) is 18.8 Å². The molecule has 2 aromatic carbocycles. The molecule has 0 spiro atoms. The highest BCUT2D eigenvalue weighted by atomic mass is 16.5. The summed E-state index contributed by atoms with van der Waals surface area (Å²) in [6.07, 6.45) is 2.24. The van der Waals surface area contributed by atoms with Crippen LogP contribution in [-0.4, -0.2) is 13.2 Å². The maximum atomic E-state index is 6.37. The maximum absolute atomic E-state index is 6.37. The van der Waals surface area contributed by atoms with Gasteiger partial charge in [-0.1, -0.05) is 18.2 Å². The van der Waals surface area contributed by atoms with Crippen molar-refractivity contribution >= 4 is 5.69 Å². The molecule has 0 aromatic heterocycles. The van der Waals surface area contributed by atoms with Crippen LogP contribution in [-0.2, 0) is 6.42 Å². The van der Waals surface area contributed by atoms with Crippen LogP contribution >= 0.6 is 0 Å². The van der Waals surface area contributed by atoms with Gasteiger partial charge in [0, 0.05) is 5.56 Å². The third-order valence-corrected chi connectivity index (χ3v) is 4.55. The van der Waals surface area contributed by atoms with E-state index < -0.39 is 0 Å². The summed E-state index contributed by atoms with van der Waals surface area (Å²) in [5, 5.41) is 3.65. The number of methoxy groups -OCH3 is 1. The molecule has 21 heavy (non-hydrogen) atoms. The Morgan fingerprint density at radius 3 is 3.00 bits per heavy atom. The minimum absolute atomic E-state index is 0.0671. The maximum Gasteiger partial charge on any atom is 0.146 e. The lowest BCUT2D eigenvalue weighted by atomic mass is 9.84. The first-order chi connectivity index (χ1) is 10.3. The molecule has 3 heteroatoms. The largest absolute Gasteiger partial charge is 0.497 e. The smallest absolute Gasteiger partial charge is 0.146 e. The van der Waals surface area contributed by atoms with Crippen LogP contribution in [0.5, 0.6) is 11.5 Å². The summed E-state index contributed by atoms with van der Waals surface area (Å²) in [7, 11) is 1.71. The van der Waals surface area contributed by atoms with Gasteiger partial charge in [0.1, 0.15) is 17.6 Å². The highest BCUT2D eigenvalue weighted by molar-refractivity contribution is 5.63. The summed E-state index contributed by atoms with van der Waals surface area (Å²) in [4.78, 5) is 0. The predicted octanol–water partition coefficient (Wildman–Crippen LogP) is 3.86. The van der Waals surface area contributed by atoms with E-state index in [1.165, 1.54) is 16.7 Å². The van der Waals surface area contributed by atoms with E-state index in [2.05, 4.69) is 42.6 Å². The van der Waals surface area contributed by atoms with Gasteiger partial charge in [-0.05, 0) is 49.1 Å². The zero-order chi connectivity index (χ0) is 14.4. The molecule has 0 saturated carbocycles. The lowest BCUT2D eigenvalue weighted by Crippen LogP contribution is -2.38. The van der Waals surface area contributed by atoms with Gasteiger partial charge in [0.2, 0.25) is 0 Å². The monoisotopic (exact) mass is 281 g/mol. The van der Waals surface area contributed by atoms with Crippen LogP contribution in [0.1, 0.15) is 29.2 Å². The molecule has 1 aliphatic carbocycles. The van der Waals surface area contributed by atoms with Crippen molar-refractivity contribution in [3.63, 3.8) is 0 Å². The van der Waals surface area contributed by atoms with Crippen LogP contribution in [0.25, 0.3) is 0 Å². The Balaban J connectivity index is 1.79. The van der Waals surface area contributed by atoms with Crippen molar-refractivity contribution in [3.05, 3.63) is 53.1 Å². The Kier molecular flexibility index (Phi) is 2.81. The number of nitrogens with one attached hydrogen (secondary N) is 1. The summed E-state index contributed by atoms with van der Waals surface area (Å²) in [5.74, 6) is 1.88. The Bertz CT molecular complexity index is 696. The normalized spacial score (nSPS) is 22.2. The van der Waals surface area contributed by atoms with E-state index in [4.69, 9.17) is 9.47 Å². The molecule has 1 N–H and O–H groups in total. The number of rotatable bonds is 1. The van der Waals surface area contributed by atoms with Crippen molar-refractivity contribution in [3.8, 4) is 11.5 Å². The summed E-state index contributed by atoms with van der Waals surface area (Å²) in [5.41, 5.74) is 4.92. The molecule has 0 amide bonds. The van der Waals surface area contributed by atoms with E-state index in [0.29, 0.717) is 6.04 Å². The number of ether oxygens (including phenoxy) is 2. The Morgan fingerprint density at radius 2 is 2.14 bits per heavy atom. The third kappa shape index (κ3) is 1.96. The molecule has 2 aliphatic rings. The molecule has 4 rings (SSSR count). The summed E-state index contributed by atoms with van der Waals surface area (Å²) in [6.45, 7) is 2.09. The van der Waals surface area contributed by atoms with Gasteiger partial charge in [-0.25, -0.2) is 0 Å². The molecule has 0 radical (unpaired) electrons. The molecule has 2 aromatic rings. The quantitative estimate of drug-likeness (QED) is 0.861. The first kappa shape index (κ1) is 12.6. The molecule has 1 aliphatic heterocycles. The molecular weight excluding hydrogens is 262 g/mol. The molecule has 2 atom stereocenters. The van der Waals surface area contributed by atoms with Crippen LogP contribution in [0.3, 0.4) is 0 Å². The average Bonchev–Trinajstić information content (AvgIpc) is 2.53. The van der Waals surface area contributed by atoms with Crippen LogP contribution in [0.4, 0.5) is 5.69 Å². The van der Waals surface area contributed by atoms with Gasteiger partial charge in [-0.15, -0.1) is 0 Å². The minimum Gasteiger partial charge on any atom is -0.497 e. The second-order valence-corrected chi connectivity index (χ2v) is 5.84. The van der Waals surface area contributed by atoms with E-state index in [1.807, 2.05) is 6.07 Å². The van der Waals surface area contributed by atoms with Crippen LogP contribution in [0, 0.1) is 6.92 Å². The van der Waals surface area contributed by atoms with E-state index in [-0.39, 0.29) is 6.10 Å². The van der Waals surface area contributed by atoms with Gasteiger partial charge >= 0.3 is 0 Å². The molecule has 0 saturated heterocycles. The van der Waals surface area contributed by atoms with Crippen molar-refractivity contribution in [2.45, 2.75) is 31.9 Å². The van der Waals surface area contributed by atoms with Crippen LogP contribution in [0.15, 0.2) is 36.4 Å². The highest BCUT2D eigenvalue weighted by Crippen LogP contribution is 2.44. The third-order valence-electron chi connectivity index (χ3n) is 4.55. The number of para-hydroxylation sites is 1. The van der Waals surface area contributed by atoms with Gasteiger partial charge < -0.3 is 14.8 Å². The lowest BCUT2D eigenvalue weighted by molar-refractivity contribution is 0.156. The van der Waals surface area contributed by atoms with E-state index in [0.717, 1.165) is 30.0 Å². The van der Waals surface area contributed by atoms with Crippen molar-refractivity contribution in [2.75, 3.05) is 12.4 Å². The molecule has 108 valence electrons. The van der Waals surface area contributed by atoms with Crippen LogP contribution < -0.4 is 14.8 Å². The molecular formula is C18H19NO2. The molecule has 3 nitrogen and oxygen atoms in total. The van der Waals surface area contributed by atoms with Crippen LogP contribution in [0.2, 0.25) is 0 Å². The SMILES string of the molecule is COc1ccc2c(c1)C1Oc3c(C)cccc3NC1CC2. The fourth-order valence-electron chi connectivity index (χ4n) is 3.41. The van der Waals surface area contributed by atoms with Gasteiger partial charge in [0.25, 0.3) is 0 Å². The summed E-state index contributed by atoms with van der Waals surface area (Å²) in [6, 6.07) is 12.9. The second kappa shape index (κ2) is 4.69. The number of fused-ring (bicyclic) bond motifs is 4. The second-order valence-electron chi connectivity index (χ2n) is 5.84. The number of aryl methyl sites for hydroxylation is 2. The van der Waals surface area contributed by atoms with E-state index >= 15 is 0 Å². The fraction of sp³-hybridized carbons (Fsp3) is 0.333. The minimum atomic E-state index is 0.0671. The van der Waals surface area contributed by atoms with Crippen molar-refractivity contribution in [1.29, 1.82) is 0 Å². The van der Waals surface area contributed by atoms with Gasteiger partial charge in [-0.3, -0.25) is 0 Å². The van der Waals surface area contributed by atoms with Gasteiger partial charge in [0.15, 0.2) is 0 Å². The first-order valence-corrected chi connectivity index (χ1v) is 7.46. The average molecular weight is 281 g/mol. The molecule has 1 heterocycles. The van der Waals surface area contributed by atoms with E-state index in [1.54, 1.807) is 7.11 Å². The lowest BCUT2D eigenvalue weighted by Gasteiger charge is -2.40. The Hall–Kier alpha value is -2.16. The fourth-order valence-corrected chi connectivity index (χ4v) is 3.41.